The second-order valence-corrected chi connectivity index (χ2v) is 4.97. The van der Waals surface area contributed by atoms with Crippen molar-refractivity contribution in [1.82, 2.24) is 0 Å². The van der Waals surface area contributed by atoms with Gasteiger partial charge < -0.3 is 5.73 Å². The zero-order valence-electron chi connectivity index (χ0n) is 9.79. The Morgan fingerprint density at radius 1 is 1.16 bits per heavy atom. The number of carbonyl (C=O) groups excluding carboxylic acids is 1. The van der Waals surface area contributed by atoms with Gasteiger partial charge in [-0.2, -0.15) is 0 Å². The average Bonchev–Trinajstić information content (AvgIpc) is 2.32. The minimum absolute atomic E-state index is 0.00379. The lowest BCUT2D eigenvalue weighted by molar-refractivity contribution is 0.0993. The number of benzene rings is 2. The monoisotopic (exact) mass is 297 g/mol. The maximum Gasteiger partial charge on any atom is 0.167 e. The van der Waals surface area contributed by atoms with Crippen molar-refractivity contribution in [3.8, 4) is 0 Å². The van der Waals surface area contributed by atoms with E-state index in [-0.39, 0.29) is 17.2 Å². The van der Waals surface area contributed by atoms with Gasteiger partial charge in [-0.15, -0.1) is 0 Å². The van der Waals surface area contributed by atoms with Crippen LogP contribution in [0.25, 0.3) is 0 Å². The van der Waals surface area contributed by atoms with E-state index in [4.69, 9.17) is 28.9 Å². The highest BCUT2D eigenvalue weighted by Gasteiger charge is 2.10. The van der Waals surface area contributed by atoms with Gasteiger partial charge in [0.1, 0.15) is 5.82 Å². The Labute approximate surface area is 119 Å². The molecule has 98 valence electrons. The minimum atomic E-state index is -0.509. The summed E-state index contributed by atoms with van der Waals surface area (Å²) < 4.78 is 13.0. The molecule has 0 saturated heterocycles. The van der Waals surface area contributed by atoms with Crippen molar-refractivity contribution in [3.05, 3.63) is 63.4 Å². The number of ketones is 1. The first-order valence-corrected chi connectivity index (χ1v) is 6.24. The largest absolute Gasteiger partial charge is 0.399 e. The molecule has 0 aliphatic heterocycles. The number of anilines is 1. The highest BCUT2D eigenvalue weighted by atomic mass is 35.5. The molecule has 0 fully saturated rings. The summed E-state index contributed by atoms with van der Waals surface area (Å²) in [7, 11) is 0. The van der Waals surface area contributed by atoms with Gasteiger partial charge in [0, 0.05) is 22.7 Å². The van der Waals surface area contributed by atoms with Crippen LogP contribution in [0, 0.1) is 5.82 Å². The van der Waals surface area contributed by atoms with Crippen LogP contribution in [0.2, 0.25) is 10.0 Å². The van der Waals surface area contributed by atoms with E-state index in [1.165, 1.54) is 18.2 Å². The van der Waals surface area contributed by atoms with Crippen LogP contribution in [-0.2, 0) is 6.42 Å². The van der Waals surface area contributed by atoms with Gasteiger partial charge in [0.05, 0.1) is 5.02 Å². The van der Waals surface area contributed by atoms with E-state index in [2.05, 4.69) is 0 Å². The summed E-state index contributed by atoms with van der Waals surface area (Å²) in [5.74, 6) is -0.665. The molecule has 0 aliphatic carbocycles. The third-order valence-corrected chi connectivity index (χ3v) is 3.10. The molecule has 2 nitrogen and oxygen atoms in total. The summed E-state index contributed by atoms with van der Waals surface area (Å²) in [5.41, 5.74) is 7.11. The Morgan fingerprint density at radius 2 is 1.89 bits per heavy atom. The van der Waals surface area contributed by atoms with Crippen molar-refractivity contribution in [2.45, 2.75) is 6.42 Å². The molecule has 0 amide bonds. The number of nitrogen functional groups attached to an aromatic ring is 1. The second-order valence-electron chi connectivity index (χ2n) is 4.12. The molecule has 19 heavy (non-hydrogen) atoms. The molecule has 0 aliphatic rings. The highest BCUT2D eigenvalue weighted by molar-refractivity contribution is 6.31. The fourth-order valence-corrected chi connectivity index (χ4v) is 2.16. The van der Waals surface area contributed by atoms with E-state index < -0.39 is 5.82 Å². The third kappa shape index (κ3) is 3.46. The van der Waals surface area contributed by atoms with E-state index in [0.717, 1.165) is 0 Å². The summed E-state index contributed by atoms with van der Waals surface area (Å²) in [6.45, 7) is 0. The number of rotatable bonds is 3. The Morgan fingerprint density at radius 3 is 2.53 bits per heavy atom. The van der Waals surface area contributed by atoms with Crippen molar-refractivity contribution in [2.75, 3.05) is 5.73 Å². The van der Waals surface area contributed by atoms with Crippen molar-refractivity contribution in [3.63, 3.8) is 0 Å². The van der Waals surface area contributed by atoms with Crippen LogP contribution >= 0.6 is 23.2 Å². The molecule has 2 aromatic rings. The predicted octanol–water partition coefficient (Wildman–Crippen LogP) is 4.14. The number of Topliss-reactive ketones (excluding diaryl/α,β-unsaturated/α-hetero) is 1. The highest BCUT2D eigenvalue weighted by Crippen LogP contribution is 2.20. The first-order chi connectivity index (χ1) is 8.95. The number of hydrogen-bond donors (Lipinski definition) is 1. The predicted molar refractivity (Wildman–Crippen MR) is 75.3 cm³/mol. The lowest BCUT2D eigenvalue weighted by Gasteiger charge is -2.05. The minimum Gasteiger partial charge on any atom is -0.399 e. The summed E-state index contributed by atoms with van der Waals surface area (Å²) in [6, 6.07) is 8.85. The van der Waals surface area contributed by atoms with Gasteiger partial charge >= 0.3 is 0 Å². The molecular weight excluding hydrogens is 288 g/mol. The van der Waals surface area contributed by atoms with Gasteiger partial charge in [-0.1, -0.05) is 29.3 Å². The molecule has 2 aromatic carbocycles. The Balaban J connectivity index is 2.22. The van der Waals surface area contributed by atoms with Crippen LogP contribution in [0.1, 0.15) is 15.9 Å². The van der Waals surface area contributed by atoms with Crippen molar-refractivity contribution in [2.24, 2.45) is 0 Å². The molecule has 0 heterocycles. The summed E-state index contributed by atoms with van der Waals surface area (Å²) in [6.07, 6.45) is 0.111. The smallest absolute Gasteiger partial charge is 0.167 e. The number of carbonyl (C=O) groups is 1. The van der Waals surface area contributed by atoms with Crippen LogP contribution in [0.5, 0.6) is 0 Å². The van der Waals surface area contributed by atoms with Crippen molar-refractivity contribution < 1.29 is 9.18 Å². The average molecular weight is 298 g/mol. The molecule has 0 aromatic heterocycles. The van der Waals surface area contributed by atoms with E-state index in [1.807, 2.05) is 0 Å². The lowest BCUT2D eigenvalue weighted by atomic mass is 10.0. The van der Waals surface area contributed by atoms with Gasteiger partial charge in [-0.3, -0.25) is 4.79 Å². The SMILES string of the molecule is Nc1cc(Cl)cc(C(=O)Cc2ccc(F)c(Cl)c2)c1. The quantitative estimate of drug-likeness (QED) is 0.683. The van der Waals surface area contributed by atoms with E-state index in [0.29, 0.717) is 21.8 Å². The van der Waals surface area contributed by atoms with Gasteiger partial charge in [-0.25, -0.2) is 4.39 Å². The van der Waals surface area contributed by atoms with Crippen LogP contribution in [0.4, 0.5) is 10.1 Å². The Hall–Kier alpha value is -1.58. The zero-order chi connectivity index (χ0) is 14.0. The zero-order valence-corrected chi connectivity index (χ0v) is 11.3. The molecule has 0 bridgehead atoms. The first kappa shape index (κ1) is 13.8. The van der Waals surface area contributed by atoms with Crippen LogP contribution in [0.3, 0.4) is 0 Å². The lowest BCUT2D eigenvalue weighted by Crippen LogP contribution is -2.04. The Kier molecular flexibility index (Phi) is 4.08. The summed E-state index contributed by atoms with van der Waals surface area (Å²) >= 11 is 11.5. The van der Waals surface area contributed by atoms with Crippen LogP contribution < -0.4 is 5.73 Å². The standard InChI is InChI=1S/C14H10Cl2FNO/c15-10-5-9(6-11(18)7-10)14(19)4-8-1-2-13(17)12(16)3-8/h1-3,5-7H,4,18H2. The topological polar surface area (TPSA) is 43.1 Å². The first-order valence-electron chi connectivity index (χ1n) is 5.49. The molecule has 2 rings (SSSR count). The van der Waals surface area contributed by atoms with Gasteiger partial charge in [0.2, 0.25) is 0 Å². The second kappa shape index (κ2) is 5.59. The molecule has 0 unspecified atom stereocenters. The number of nitrogens with two attached hydrogens (primary N) is 1. The van der Waals surface area contributed by atoms with Crippen LogP contribution in [0.15, 0.2) is 36.4 Å². The van der Waals surface area contributed by atoms with E-state index >= 15 is 0 Å². The fourth-order valence-electron chi connectivity index (χ4n) is 1.71. The van der Waals surface area contributed by atoms with E-state index in [9.17, 15) is 9.18 Å². The normalized spacial score (nSPS) is 10.5. The Bertz CT molecular complexity index is 623. The fraction of sp³-hybridized carbons (Fsp3) is 0.0714. The maximum atomic E-state index is 13.0. The van der Waals surface area contributed by atoms with Gasteiger partial charge in [0.15, 0.2) is 5.78 Å². The van der Waals surface area contributed by atoms with Crippen molar-refractivity contribution in [1.29, 1.82) is 0 Å². The molecule has 0 atom stereocenters. The molecular formula is C14H10Cl2FNO. The van der Waals surface area contributed by atoms with E-state index in [1.54, 1.807) is 18.2 Å². The summed E-state index contributed by atoms with van der Waals surface area (Å²) in [4.78, 5) is 12.1. The molecule has 2 N–H and O–H groups in total. The molecule has 0 saturated carbocycles. The van der Waals surface area contributed by atoms with Gasteiger partial charge in [-0.05, 0) is 35.9 Å². The van der Waals surface area contributed by atoms with Gasteiger partial charge in [0.25, 0.3) is 0 Å². The van der Waals surface area contributed by atoms with Crippen LogP contribution in [-0.4, -0.2) is 5.78 Å². The number of hydrogen-bond acceptors (Lipinski definition) is 2. The molecule has 5 heteroatoms. The third-order valence-electron chi connectivity index (χ3n) is 2.59. The number of halogens is 3. The summed E-state index contributed by atoms with van der Waals surface area (Å²) in [5, 5.41) is 0.399. The molecule has 0 radical (unpaired) electrons. The molecule has 0 spiro atoms. The van der Waals surface area contributed by atoms with Crippen molar-refractivity contribution >= 4 is 34.7 Å². The maximum absolute atomic E-state index is 13.0.